The zero-order chi connectivity index (χ0) is 24.5. The van der Waals surface area contributed by atoms with Crippen molar-refractivity contribution in [3.63, 3.8) is 0 Å². The van der Waals surface area contributed by atoms with Gasteiger partial charge in [0.05, 0.1) is 10.8 Å². The summed E-state index contributed by atoms with van der Waals surface area (Å²) in [5.74, 6) is -0.496. The Balaban J connectivity index is 2.01. The molecule has 0 aliphatic carbocycles. The highest BCUT2D eigenvalue weighted by Gasteiger charge is 2.45. The normalized spacial score (nSPS) is 18.6. The molecule has 0 amide bonds. The number of aryl methyl sites for hydroxylation is 1. The smallest absolute Gasteiger partial charge is 0.207 e. The minimum Gasteiger partial charge on any atom is -0.483 e. The summed E-state index contributed by atoms with van der Waals surface area (Å²) >= 11 is 6.13. The molecule has 0 aromatic heterocycles. The van der Waals surface area contributed by atoms with Crippen molar-refractivity contribution in [1.82, 2.24) is 0 Å². The van der Waals surface area contributed by atoms with Gasteiger partial charge in [-0.3, -0.25) is 4.79 Å². The SMILES string of the molecule is CC(=O)/C=C(/C)[C@H]1OC(c2ccccc2)=C(S(=O)(=O)c2ccc(C)cc2)[C@@H]1c1ccc(Cl)cc1. The summed E-state index contributed by atoms with van der Waals surface area (Å²) in [5, 5.41) is 0.547. The van der Waals surface area contributed by atoms with Gasteiger partial charge < -0.3 is 4.74 Å². The summed E-state index contributed by atoms with van der Waals surface area (Å²) in [5.41, 5.74) is 3.01. The Kier molecular flexibility index (Phi) is 6.78. The molecule has 0 unspecified atom stereocenters. The van der Waals surface area contributed by atoms with Gasteiger partial charge in [0.25, 0.3) is 0 Å². The molecule has 2 atom stereocenters. The van der Waals surface area contributed by atoms with Gasteiger partial charge in [0.1, 0.15) is 16.8 Å². The standard InChI is InChI=1S/C28H25ClO4S/c1-18-9-15-24(16-10-18)34(31,32)28-25(21-11-13-23(29)14-12-21)26(19(2)17-20(3)30)33-27(28)22-7-5-4-6-8-22/h4-17,25-26H,1-3H3/b19-17-/t25-,26-/m1/s1. The zero-order valence-electron chi connectivity index (χ0n) is 19.2. The van der Waals surface area contributed by atoms with Crippen molar-refractivity contribution < 1.29 is 17.9 Å². The quantitative estimate of drug-likeness (QED) is 0.368. The van der Waals surface area contributed by atoms with E-state index in [1.165, 1.54) is 13.0 Å². The van der Waals surface area contributed by atoms with E-state index >= 15 is 0 Å². The van der Waals surface area contributed by atoms with Crippen LogP contribution in [-0.4, -0.2) is 20.3 Å². The number of sulfone groups is 1. The average Bonchev–Trinajstić information content (AvgIpc) is 3.22. The molecule has 0 spiro atoms. The van der Waals surface area contributed by atoms with Crippen LogP contribution in [0.3, 0.4) is 0 Å². The topological polar surface area (TPSA) is 60.4 Å². The maximum absolute atomic E-state index is 14.1. The lowest BCUT2D eigenvalue weighted by molar-refractivity contribution is -0.112. The Hall–Kier alpha value is -3.15. The lowest BCUT2D eigenvalue weighted by atomic mass is 9.89. The summed E-state index contributed by atoms with van der Waals surface area (Å²) in [6.07, 6.45) is 0.827. The number of hydrogen-bond donors (Lipinski definition) is 0. The van der Waals surface area contributed by atoms with Gasteiger partial charge >= 0.3 is 0 Å². The van der Waals surface area contributed by atoms with Gasteiger partial charge in [0.15, 0.2) is 5.78 Å². The van der Waals surface area contributed by atoms with Gasteiger partial charge in [-0.15, -0.1) is 0 Å². The minimum atomic E-state index is -3.95. The number of rotatable bonds is 6. The molecule has 0 N–H and O–H groups in total. The van der Waals surface area contributed by atoms with Crippen molar-refractivity contribution in [2.24, 2.45) is 0 Å². The Morgan fingerprint density at radius 2 is 1.53 bits per heavy atom. The second-order valence-electron chi connectivity index (χ2n) is 8.44. The van der Waals surface area contributed by atoms with E-state index in [9.17, 15) is 13.2 Å². The molecule has 3 aromatic rings. The van der Waals surface area contributed by atoms with E-state index in [1.807, 2.05) is 49.4 Å². The molecule has 1 heterocycles. The molecule has 6 heteroatoms. The molecule has 1 aliphatic heterocycles. The first-order valence-corrected chi connectivity index (χ1v) is 12.8. The highest BCUT2D eigenvalue weighted by molar-refractivity contribution is 7.95. The maximum atomic E-state index is 14.1. The van der Waals surface area contributed by atoms with Crippen molar-refractivity contribution in [3.05, 3.63) is 117 Å². The van der Waals surface area contributed by atoms with E-state index in [0.717, 1.165) is 11.1 Å². The molecule has 0 bridgehead atoms. The van der Waals surface area contributed by atoms with Crippen LogP contribution in [0.4, 0.5) is 0 Å². The third-order valence-electron chi connectivity index (χ3n) is 5.82. The number of halogens is 1. The molecule has 4 nitrogen and oxygen atoms in total. The van der Waals surface area contributed by atoms with Crippen molar-refractivity contribution in [2.75, 3.05) is 0 Å². The van der Waals surface area contributed by atoms with Gasteiger partial charge in [-0.05, 0) is 62.2 Å². The second kappa shape index (κ2) is 9.61. The number of benzene rings is 3. The fraction of sp³-hybridized carbons (Fsp3) is 0.179. The largest absolute Gasteiger partial charge is 0.483 e. The van der Waals surface area contributed by atoms with Crippen LogP contribution in [0.2, 0.25) is 5.02 Å². The number of carbonyl (C=O) groups is 1. The zero-order valence-corrected chi connectivity index (χ0v) is 20.7. The van der Waals surface area contributed by atoms with E-state index in [2.05, 4.69) is 0 Å². The summed E-state index contributed by atoms with van der Waals surface area (Å²) in [4.78, 5) is 12.3. The fourth-order valence-electron chi connectivity index (χ4n) is 4.22. The molecule has 4 rings (SSSR count). The first kappa shape index (κ1) is 24.0. The Bertz CT molecular complexity index is 1370. The first-order valence-electron chi connectivity index (χ1n) is 10.9. The number of carbonyl (C=O) groups excluding carboxylic acids is 1. The summed E-state index contributed by atoms with van der Waals surface area (Å²) in [7, 11) is -3.95. The number of hydrogen-bond acceptors (Lipinski definition) is 4. The van der Waals surface area contributed by atoms with Crippen LogP contribution < -0.4 is 0 Å². The van der Waals surface area contributed by atoms with Crippen LogP contribution >= 0.6 is 11.6 Å². The molecular weight excluding hydrogens is 468 g/mol. The van der Waals surface area contributed by atoms with Crippen LogP contribution in [0.15, 0.2) is 100 Å². The highest BCUT2D eigenvalue weighted by Crippen LogP contribution is 2.49. The van der Waals surface area contributed by atoms with Gasteiger partial charge in [-0.2, -0.15) is 0 Å². The van der Waals surface area contributed by atoms with Crippen LogP contribution in [0.1, 0.15) is 36.5 Å². The monoisotopic (exact) mass is 492 g/mol. The number of ether oxygens (including phenoxy) is 1. The van der Waals surface area contributed by atoms with E-state index in [1.54, 1.807) is 43.3 Å². The third-order valence-corrected chi connectivity index (χ3v) is 7.98. The van der Waals surface area contributed by atoms with Gasteiger partial charge in [0, 0.05) is 10.6 Å². The van der Waals surface area contributed by atoms with Crippen LogP contribution in [0.5, 0.6) is 0 Å². The highest BCUT2D eigenvalue weighted by atomic mass is 35.5. The molecule has 0 radical (unpaired) electrons. The second-order valence-corrected chi connectivity index (χ2v) is 10.8. The molecule has 0 fully saturated rings. The number of allylic oxidation sites excluding steroid dienone is 1. The van der Waals surface area contributed by atoms with E-state index in [0.29, 0.717) is 21.9 Å². The van der Waals surface area contributed by atoms with Crippen molar-refractivity contribution in [2.45, 2.75) is 37.7 Å². The lowest BCUT2D eigenvalue weighted by Gasteiger charge is -2.22. The lowest BCUT2D eigenvalue weighted by Crippen LogP contribution is -2.22. The van der Waals surface area contributed by atoms with Gasteiger partial charge in [0.2, 0.25) is 9.84 Å². The van der Waals surface area contributed by atoms with Crippen molar-refractivity contribution in [3.8, 4) is 0 Å². The third kappa shape index (κ3) is 4.72. The Labute approximate surface area is 205 Å². The summed E-state index contributed by atoms with van der Waals surface area (Å²) < 4.78 is 34.6. The molecule has 3 aromatic carbocycles. The van der Waals surface area contributed by atoms with E-state index < -0.39 is 21.9 Å². The van der Waals surface area contributed by atoms with Crippen LogP contribution in [-0.2, 0) is 19.4 Å². The fourth-order valence-corrected chi connectivity index (χ4v) is 6.10. The first-order chi connectivity index (χ1) is 16.2. The summed E-state index contributed by atoms with van der Waals surface area (Å²) in [6, 6.07) is 23.1. The molecule has 1 aliphatic rings. The Morgan fingerprint density at radius 1 is 0.912 bits per heavy atom. The molecule has 0 saturated carbocycles. The van der Waals surface area contributed by atoms with Gasteiger partial charge in [-0.25, -0.2) is 8.42 Å². The van der Waals surface area contributed by atoms with E-state index in [-0.39, 0.29) is 15.6 Å². The van der Waals surface area contributed by atoms with E-state index in [4.69, 9.17) is 16.3 Å². The molecular formula is C28H25ClO4S. The average molecular weight is 493 g/mol. The van der Waals surface area contributed by atoms with Crippen molar-refractivity contribution in [1.29, 1.82) is 0 Å². The Morgan fingerprint density at radius 3 is 2.12 bits per heavy atom. The van der Waals surface area contributed by atoms with Gasteiger partial charge in [-0.1, -0.05) is 71.8 Å². The molecule has 0 saturated heterocycles. The van der Waals surface area contributed by atoms with Crippen LogP contribution in [0.25, 0.3) is 5.76 Å². The molecule has 174 valence electrons. The predicted octanol–water partition coefficient (Wildman–Crippen LogP) is 6.51. The predicted molar refractivity (Wildman–Crippen MR) is 135 cm³/mol. The van der Waals surface area contributed by atoms with Crippen molar-refractivity contribution >= 4 is 33.0 Å². The summed E-state index contributed by atoms with van der Waals surface area (Å²) in [6.45, 7) is 5.16. The van der Waals surface area contributed by atoms with Crippen LogP contribution in [0, 0.1) is 6.92 Å². The number of ketones is 1. The molecule has 34 heavy (non-hydrogen) atoms. The minimum absolute atomic E-state index is 0.132. The maximum Gasteiger partial charge on any atom is 0.207 e.